The number of hydrogen-bond acceptors (Lipinski definition) is 3. The van der Waals surface area contributed by atoms with Gasteiger partial charge in [0.15, 0.2) is 11.5 Å². The van der Waals surface area contributed by atoms with Gasteiger partial charge in [0.2, 0.25) is 0 Å². The molecule has 0 radical (unpaired) electrons. The third-order valence-electron chi connectivity index (χ3n) is 2.88. The molecule has 0 bridgehead atoms. The predicted molar refractivity (Wildman–Crippen MR) is 77.0 cm³/mol. The van der Waals surface area contributed by atoms with Crippen molar-refractivity contribution in [2.75, 3.05) is 7.05 Å². The van der Waals surface area contributed by atoms with Crippen LogP contribution in [0.3, 0.4) is 0 Å². The van der Waals surface area contributed by atoms with Gasteiger partial charge in [0.25, 0.3) is 5.91 Å². The van der Waals surface area contributed by atoms with Crippen LogP contribution in [0.4, 0.5) is 0 Å². The molecule has 0 aliphatic heterocycles. The zero-order valence-electron chi connectivity index (χ0n) is 10.9. The summed E-state index contributed by atoms with van der Waals surface area (Å²) in [5.74, 6) is -0.814. The van der Waals surface area contributed by atoms with Crippen molar-refractivity contribution in [3.63, 3.8) is 0 Å². The number of nitrogens with zero attached hydrogens (tertiary/aromatic N) is 1. The molecule has 2 N–H and O–H groups in total. The summed E-state index contributed by atoms with van der Waals surface area (Å²) in [5, 5.41) is 19.3. The maximum Gasteiger partial charge on any atom is 0.254 e. The minimum absolute atomic E-state index is 0.250. The molecule has 104 valence electrons. The Bertz CT molecular complexity index is 643. The van der Waals surface area contributed by atoms with Crippen LogP contribution in [0, 0.1) is 0 Å². The van der Waals surface area contributed by atoms with Gasteiger partial charge in [-0.3, -0.25) is 4.79 Å². The molecule has 0 unspecified atom stereocenters. The zero-order chi connectivity index (χ0) is 14.7. The van der Waals surface area contributed by atoms with E-state index in [0.29, 0.717) is 17.1 Å². The van der Waals surface area contributed by atoms with Gasteiger partial charge < -0.3 is 15.1 Å². The molecule has 2 rings (SSSR count). The Morgan fingerprint density at radius 2 is 1.90 bits per heavy atom. The van der Waals surface area contributed by atoms with Gasteiger partial charge in [0, 0.05) is 24.2 Å². The van der Waals surface area contributed by atoms with Crippen LogP contribution in [0.1, 0.15) is 15.9 Å². The quantitative estimate of drug-likeness (QED) is 0.855. The van der Waals surface area contributed by atoms with Crippen molar-refractivity contribution in [1.82, 2.24) is 4.90 Å². The number of hydrogen-bond donors (Lipinski definition) is 2. The Morgan fingerprint density at radius 1 is 1.15 bits per heavy atom. The largest absolute Gasteiger partial charge is 0.504 e. The van der Waals surface area contributed by atoms with Gasteiger partial charge in [-0.05, 0) is 35.9 Å². The first-order chi connectivity index (χ1) is 9.47. The number of carbonyl (C=O) groups is 1. The van der Waals surface area contributed by atoms with Crippen LogP contribution in [0.25, 0.3) is 0 Å². The standard InChI is InChI=1S/C15H14ClNO3/c1-17(9-10-3-2-4-12(16)7-10)15(20)11-5-6-13(18)14(19)8-11/h2-8,18-19H,9H2,1H3. The van der Waals surface area contributed by atoms with Crippen molar-refractivity contribution in [2.24, 2.45) is 0 Å². The van der Waals surface area contributed by atoms with Crippen LogP contribution in [0.5, 0.6) is 11.5 Å². The predicted octanol–water partition coefficient (Wildman–Crippen LogP) is 3.02. The summed E-state index contributed by atoms with van der Waals surface area (Å²) in [4.78, 5) is 13.7. The highest BCUT2D eigenvalue weighted by Crippen LogP contribution is 2.25. The van der Waals surface area contributed by atoms with Gasteiger partial charge in [0.05, 0.1) is 0 Å². The van der Waals surface area contributed by atoms with Crippen LogP contribution in [-0.2, 0) is 6.54 Å². The Morgan fingerprint density at radius 3 is 2.55 bits per heavy atom. The van der Waals surface area contributed by atoms with E-state index in [1.54, 1.807) is 19.2 Å². The topological polar surface area (TPSA) is 60.8 Å². The van der Waals surface area contributed by atoms with Crippen molar-refractivity contribution >= 4 is 17.5 Å². The first kappa shape index (κ1) is 14.2. The summed E-state index contributed by atoms with van der Waals surface area (Å²) < 4.78 is 0. The minimum Gasteiger partial charge on any atom is -0.504 e. The van der Waals surface area contributed by atoms with E-state index < -0.39 is 0 Å². The molecule has 2 aromatic rings. The van der Waals surface area contributed by atoms with E-state index in [2.05, 4.69) is 0 Å². The number of halogens is 1. The molecule has 0 atom stereocenters. The number of phenols is 2. The normalized spacial score (nSPS) is 10.3. The van der Waals surface area contributed by atoms with E-state index in [0.717, 1.165) is 5.56 Å². The lowest BCUT2D eigenvalue weighted by Gasteiger charge is -2.17. The van der Waals surface area contributed by atoms with Crippen LogP contribution in [-0.4, -0.2) is 28.1 Å². The smallest absolute Gasteiger partial charge is 0.254 e. The molecule has 0 spiro atoms. The molecule has 0 aromatic heterocycles. The average molecular weight is 292 g/mol. The van der Waals surface area contributed by atoms with Crippen molar-refractivity contribution in [3.8, 4) is 11.5 Å². The lowest BCUT2D eigenvalue weighted by atomic mass is 10.1. The monoisotopic (exact) mass is 291 g/mol. The van der Waals surface area contributed by atoms with Gasteiger partial charge in [0.1, 0.15) is 0 Å². The molecular weight excluding hydrogens is 278 g/mol. The van der Waals surface area contributed by atoms with Gasteiger partial charge in [-0.15, -0.1) is 0 Å². The Labute approximate surface area is 121 Å². The van der Waals surface area contributed by atoms with Crippen LogP contribution >= 0.6 is 11.6 Å². The lowest BCUT2D eigenvalue weighted by Crippen LogP contribution is -2.26. The van der Waals surface area contributed by atoms with Crippen molar-refractivity contribution in [2.45, 2.75) is 6.54 Å². The molecule has 0 fully saturated rings. The summed E-state index contributed by atoms with van der Waals surface area (Å²) in [7, 11) is 1.66. The van der Waals surface area contributed by atoms with Crippen LogP contribution in [0.15, 0.2) is 42.5 Å². The van der Waals surface area contributed by atoms with Crippen molar-refractivity contribution in [1.29, 1.82) is 0 Å². The summed E-state index contributed by atoms with van der Waals surface area (Å²) in [6.07, 6.45) is 0. The number of phenolic OH excluding ortho intramolecular Hbond substituents is 2. The SMILES string of the molecule is CN(Cc1cccc(Cl)c1)C(=O)c1ccc(O)c(O)c1. The maximum atomic E-state index is 12.2. The number of aromatic hydroxyl groups is 2. The van der Waals surface area contributed by atoms with Gasteiger partial charge in [-0.2, -0.15) is 0 Å². The van der Waals surface area contributed by atoms with E-state index in [-0.39, 0.29) is 17.4 Å². The Kier molecular flexibility index (Phi) is 4.15. The summed E-state index contributed by atoms with van der Waals surface area (Å²) >= 11 is 5.90. The molecular formula is C15H14ClNO3. The molecule has 2 aromatic carbocycles. The summed E-state index contributed by atoms with van der Waals surface area (Å²) in [6.45, 7) is 0.404. The number of amides is 1. The fraction of sp³-hybridized carbons (Fsp3) is 0.133. The third kappa shape index (κ3) is 3.22. The van der Waals surface area contributed by atoms with E-state index in [1.807, 2.05) is 12.1 Å². The first-order valence-corrected chi connectivity index (χ1v) is 6.37. The molecule has 1 amide bonds. The Balaban J connectivity index is 2.14. The second-order valence-corrected chi connectivity index (χ2v) is 4.93. The number of carbonyl (C=O) groups excluding carboxylic acids is 1. The van der Waals surface area contributed by atoms with E-state index in [9.17, 15) is 15.0 Å². The van der Waals surface area contributed by atoms with Crippen LogP contribution in [0.2, 0.25) is 5.02 Å². The van der Waals surface area contributed by atoms with Gasteiger partial charge in [-0.25, -0.2) is 0 Å². The highest BCUT2D eigenvalue weighted by molar-refractivity contribution is 6.30. The molecule has 0 saturated carbocycles. The Hall–Kier alpha value is -2.20. The molecule has 0 saturated heterocycles. The molecule has 0 aliphatic carbocycles. The van der Waals surface area contributed by atoms with Gasteiger partial charge >= 0.3 is 0 Å². The van der Waals surface area contributed by atoms with E-state index in [1.165, 1.54) is 23.1 Å². The van der Waals surface area contributed by atoms with E-state index >= 15 is 0 Å². The molecule has 0 heterocycles. The molecule has 4 nitrogen and oxygen atoms in total. The van der Waals surface area contributed by atoms with Crippen molar-refractivity contribution < 1.29 is 15.0 Å². The molecule has 20 heavy (non-hydrogen) atoms. The highest BCUT2D eigenvalue weighted by atomic mass is 35.5. The average Bonchev–Trinajstić information content (AvgIpc) is 2.41. The third-order valence-corrected chi connectivity index (χ3v) is 3.11. The van der Waals surface area contributed by atoms with Gasteiger partial charge in [-0.1, -0.05) is 23.7 Å². The second-order valence-electron chi connectivity index (χ2n) is 4.49. The van der Waals surface area contributed by atoms with E-state index in [4.69, 9.17) is 11.6 Å². The highest BCUT2D eigenvalue weighted by Gasteiger charge is 2.14. The second kappa shape index (κ2) is 5.84. The minimum atomic E-state index is -0.313. The maximum absolute atomic E-state index is 12.2. The summed E-state index contributed by atoms with van der Waals surface area (Å²) in [5.41, 5.74) is 1.22. The fourth-order valence-corrected chi connectivity index (χ4v) is 2.07. The lowest BCUT2D eigenvalue weighted by molar-refractivity contribution is 0.0784. The fourth-order valence-electron chi connectivity index (χ4n) is 1.86. The number of benzene rings is 2. The van der Waals surface area contributed by atoms with Crippen LogP contribution < -0.4 is 0 Å². The number of rotatable bonds is 3. The molecule has 0 aliphatic rings. The summed E-state index contributed by atoms with van der Waals surface area (Å²) in [6, 6.07) is 11.3. The zero-order valence-corrected chi connectivity index (χ0v) is 11.6. The first-order valence-electron chi connectivity index (χ1n) is 5.99. The van der Waals surface area contributed by atoms with Crippen molar-refractivity contribution in [3.05, 3.63) is 58.6 Å². The molecule has 5 heteroatoms.